The second-order valence-electron chi connectivity index (χ2n) is 9.76. The van der Waals surface area contributed by atoms with E-state index in [1.54, 1.807) is 24.4 Å². The minimum Gasteiger partial charge on any atom is -0.453 e. The van der Waals surface area contributed by atoms with E-state index in [9.17, 15) is 18.1 Å². The van der Waals surface area contributed by atoms with E-state index in [-0.39, 0.29) is 41.7 Å². The van der Waals surface area contributed by atoms with Gasteiger partial charge in [-0.2, -0.15) is 18.0 Å². The number of aliphatic hydroxyl groups excluding tert-OH is 1. The maximum Gasteiger partial charge on any atom is 0.301 e. The number of hydrogen-bond acceptors (Lipinski definition) is 9. The summed E-state index contributed by atoms with van der Waals surface area (Å²) in [5, 5.41) is 22.2. The molecular formula is C26H29FN6O5S. The molecule has 2 fully saturated rings. The minimum absolute atomic E-state index is 0.112. The van der Waals surface area contributed by atoms with Gasteiger partial charge >= 0.3 is 10.2 Å². The third-order valence-electron chi connectivity index (χ3n) is 7.18. The lowest BCUT2D eigenvalue weighted by Gasteiger charge is -2.32. The molecule has 1 spiro atoms. The van der Waals surface area contributed by atoms with E-state index in [4.69, 9.17) is 19.6 Å². The predicted octanol–water partition coefficient (Wildman–Crippen LogP) is 2.64. The summed E-state index contributed by atoms with van der Waals surface area (Å²) in [6, 6.07) is 8.84. The summed E-state index contributed by atoms with van der Waals surface area (Å²) < 4.78 is 55.0. The van der Waals surface area contributed by atoms with Gasteiger partial charge in [-0.25, -0.2) is 9.37 Å². The number of ether oxygens (including phenoxy) is 2. The summed E-state index contributed by atoms with van der Waals surface area (Å²) in [7, 11) is -2.84. The van der Waals surface area contributed by atoms with Crippen molar-refractivity contribution in [2.75, 3.05) is 44.6 Å². The number of aliphatic hydroxyl groups is 1. The Bertz CT molecular complexity index is 1520. The molecule has 0 saturated carbocycles. The van der Waals surface area contributed by atoms with Crippen LogP contribution in [0.2, 0.25) is 0 Å². The highest BCUT2D eigenvalue weighted by Crippen LogP contribution is 2.41. The third kappa shape index (κ3) is 5.66. The van der Waals surface area contributed by atoms with Gasteiger partial charge in [0.2, 0.25) is 0 Å². The van der Waals surface area contributed by atoms with E-state index in [1.807, 2.05) is 6.07 Å². The fourth-order valence-electron chi connectivity index (χ4n) is 4.98. The maximum atomic E-state index is 14.8. The second kappa shape index (κ2) is 11.0. The first-order valence-electron chi connectivity index (χ1n) is 12.6. The highest BCUT2D eigenvalue weighted by molar-refractivity contribution is 7.90. The molecule has 3 aromatic rings. The van der Waals surface area contributed by atoms with Crippen molar-refractivity contribution in [3.63, 3.8) is 0 Å². The van der Waals surface area contributed by atoms with Gasteiger partial charge in [-0.15, -0.1) is 0 Å². The lowest BCUT2D eigenvalue weighted by molar-refractivity contribution is -0.0193. The number of likely N-dealkylation sites (N-methyl/N-ethyl adjacent to an activating group) is 1. The SMILES string of the molecule is CN(CCO)S(=O)(=O)Nc1ccc(F)c(Oc2ccc3ncc([C@H]4COC5(CCNCC5)C4)nc3c2)c1C#N. The zero-order valence-electron chi connectivity index (χ0n) is 21.4. The van der Waals surface area contributed by atoms with E-state index in [1.165, 1.54) is 7.05 Å². The van der Waals surface area contributed by atoms with Crippen molar-refractivity contribution in [1.82, 2.24) is 19.6 Å². The number of anilines is 1. The van der Waals surface area contributed by atoms with Crippen molar-refractivity contribution in [1.29, 1.82) is 5.26 Å². The van der Waals surface area contributed by atoms with Crippen LogP contribution in [-0.2, 0) is 14.9 Å². The van der Waals surface area contributed by atoms with Crippen LogP contribution in [0.1, 0.15) is 36.4 Å². The Morgan fingerprint density at radius 1 is 1.31 bits per heavy atom. The Morgan fingerprint density at radius 2 is 2.10 bits per heavy atom. The molecule has 206 valence electrons. The van der Waals surface area contributed by atoms with Gasteiger partial charge in [0.05, 0.1) is 41.2 Å². The fraction of sp³-hybridized carbons (Fsp3) is 0.423. The fourth-order valence-corrected chi connectivity index (χ4v) is 5.91. The highest BCUT2D eigenvalue weighted by atomic mass is 32.2. The first-order valence-corrected chi connectivity index (χ1v) is 14.0. The molecule has 2 aliphatic rings. The molecule has 2 aromatic carbocycles. The van der Waals surface area contributed by atoms with Crippen molar-refractivity contribution in [2.45, 2.75) is 30.8 Å². The van der Waals surface area contributed by atoms with Crippen molar-refractivity contribution in [3.8, 4) is 17.6 Å². The van der Waals surface area contributed by atoms with Gasteiger partial charge in [-0.3, -0.25) is 9.71 Å². The molecule has 2 saturated heterocycles. The number of hydrogen-bond donors (Lipinski definition) is 3. The number of nitriles is 1. The Labute approximate surface area is 225 Å². The molecule has 39 heavy (non-hydrogen) atoms. The van der Waals surface area contributed by atoms with Gasteiger partial charge in [0.1, 0.15) is 17.4 Å². The molecule has 5 rings (SSSR count). The number of nitrogens with zero attached hydrogens (tertiary/aromatic N) is 4. The molecule has 11 nitrogen and oxygen atoms in total. The monoisotopic (exact) mass is 556 g/mol. The number of nitrogens with one attached hydrogen (secondary N) is 2. The molecule has 0 bridgehead atoms. The largest absolute Gasteiger partial charge is 0.453 e. The summed E-state index contributed by atoms with van der Waals surface area (Å²) in [6.45, 7) is 1.88. The summed E-state index contributed by atoms with van der Waals surface area (Å²) in [6.07, 6.45) is 4.55. The molecule has 1 atom stereocenters. The zero-order valence-corrected chi connectivity index (χ0v) is 22.2. The molecule has 1 aromatic heterocycles. The summed E-state index contributed by atoms with van der Waals surface area (Å²) in [5.74, 6) is -0.948. The molecule has 0 unspecified atom stereocenters. The number of rotatable bonds is 8. The minimum atomic E-state index is -4.10. The van der Waals surface area contributed by atoms with E-state index in [0.29, 0.717) is 17.6 Å². The third-order valence-corrected chi connectivity index (χ3v) is 8.66. The smallest absolute Gasteiger partial charge is 0.301 e. The maximum absolute atomic E-state index is 14.8. The van der Waals surface area contributed by atoms with Crippen LogP contribution in [0.3, 0.4) is 0 Å². The number of benzene rings is 2. The lowest BCUT2D eigenvalue weighted by atomic mass is 9.85. The lowest BCUT2D eigenvalue weighted by Crippen LogP contribution is -2.41. The first-order chi connectivity index (χ1) is 18.7. The number of fused-ring (bicyclic) bond motifs is 1. The molecule has 0 aliphatic carbocycles. The topological polar surface area (TPSA) is 150 Å². The average Bonchev–Trinajstić information content (AvgIpc) is 3.33. The van der Waals surface area contributed by atoms with Crippen LogP contribution < -0.4 is 14.8 Å². The Balaban J connectivity index is 1.41. The van der Waals surface area contributed by atoms with Gasteiger partial charge in [-0.05, 0) is 56.6 Å². The molecule has 3 heterocycles. The van der Waals surface area contributed by atoms with Crippen molar-refractivity contribution in [2.24, 2.45) is 0 Å². The van der Waals surface area contributed by atoms with Crippen LogP contribution >= 0.6 is 0 Å². The summed E-state index contributed by atoms with van der Waals surface area (Å²) in [4.78, 5) is 9.32. The van der Waals surface area contributed by atoms with Gasteiger partial charge in [0, 0.05) is 31.8 Å². The standard InChI is InChI=1S/C26H29FN6O5S/c1-33(10-11-34)39(35,36)32-21-5-3-20(27)25(19(21)14-28)38-18-2-4-22-23(12-18)31-24(15-30-22)17-13-26(37-16-17)6-8-29-9-7-26/h2-5,12,15,17,29,32,34H,6-11,13,16H2,1H3/t17-/m1/s1. The van der Waals surface area contributed by atoms with Crippen LogP contribution in [0.25, 0.3) is 11.0 Å². The number of piperidine rings is 1. The van der Waals surface area contributed by atoms with Crippen molar-refractivity contribution in [3.05, 3.63) is 53.6 Å². The Morgan fingerprint density at radius 3 is 2.85 bits per heavy atom. The van der Waals surface area contributed by atoms with Gasteiger partial charge in [0.15, 0.2) is 11.6 Å². The van der Waals surface area contributed by atoms with Crippen LogP contribution in [0, 0.1) is 17.1 Å². The second-order valence-corrected chi connectivity index (χ2v) is 11.5. The molecule has 0 radical (unpaired) electrons. The van der Waals surface area contributed by atoms with E-state index < -0.39 is 21.8 Å². The van der Waals surface area contributed by atoms with E-state index >= 15 is 0 Å². The van der Waals surface area contributed by atoms with Crippen LogP contribution in [0.15, 0.2) is 36.5 Å². The van der Waals surface area contributed by atoms with Crippen LogP contribution in [0.4, 0.5) is 10.1 Å². The molecule has 3 N–H and O–H groups in total. The Hall–Kier alpha value is -3.41. The first kappa shape index (κ1) is 27.2. The highest BCUT2D eigenvalue weighted by Gasteiger charge is 2.42. The van der Waals surface area contributed by atoms with Crippen molar-refractivity contribution < 1.29 is 27.4 Å². The zero-order chi connectivity index (χ0) is 27.6. The quantitative estimate of drug-likeness (QED) is 0.381. The summed E-state index contributed by atoms with van der Waals surface area (Å²) >= 11 is 0. The van der Waals surface area contributed by atoms with Gasteiger partial charge in [-0.1, -0.05) is 0 Å². The van der Waals surface area contributed by atoms with Gasteiger partial charge < -0.3 is 19.9 Å². The molecule has 13 heteroatoms. The van der Waals surface area contributed by atoms with Crippen LogP contribution in [-0.4, -0.2) is 73.3 Å². The Kier molecular flexibility index (Phi) is 7.66. The van der Waals surface area contributed by atoms with Crippen LogP contribution in [0.5, 0.6) is 11.5 Å². The van der Waals surface area contributed by atoms with E-state index in [0.717, 1.165) is 54.5 Å². The van der Waals surface area contributed by atoms with Gasteiger partial charge in [0.25, 0.3) is 0 Å². The molecule has 2 aliphatic heterocycles. The summed E-state index contributed by atoms with van der Waals surface area (Å²) in [5.41, 5.74) is 1.36. The van der Waals surface area contributed by atoms with E-state index in [2.05, 4.69) is 15.0 Å². The van der Waals surface area contributed by atoms with Crippen molar-refractivity contribution >= 4 is 26.9 Å². The normalized spacial score (nSPS) is 18.9. The molecule has 0 amide bonds. The molecular weight excluding hydrogens is 527 g/mol. The number of halogens is 1. The average molecular weight is 557 g/mol. The predicted molar refractivity (Wildman–Crippen MR) is 141 cm³/mol. The number of aromatic nitrogens is 2.